The number of aromatic nitrogens is 2. The first-order valence-electron chi connectivity index (χ1n) is 10.2. The van der Waals surface area contributed by atoms with E-state index in [9.17, 15) is 9.59 Å². The normalized spacial score (nSPS) is 10.6. The predicted octanol–water partition coefficient (Wildman–Crippen LogP) is 5.11. The molecule has 3 aromatic rings. The number of nitrogens with zero attached hydrogens (tertiary/aromatic N) is 2. The van der Waals surface area contributed by atoms with Crippen LogP contribution in [0.15, 0.2) is 53.8 Å². The van der Waals surface area contributed by atoms with Crippen molar-refractivity contribution in [1.29, 1.82) is 0 Å². The van der Waals surface area contributed by atoms with E-state index in [0.29, 0.717) is 10.9 Å². The summed E-state index contributed by atoms with van der Waals surface area (Å²) in [6, 6.07) is 14.0. The van der Waals surface area contributed by atoms with Gasteiger partial charge in [-0.25, -0.2) is 9.97 Å². The van der Waals surface area contributed by atoms with Crippen LogP contribution in [-0.4, -0.2) is 28.3 Å². The van der Waals surface area contributed by atoms with Gasteiger partial charge in [-0.2, -0.15) is 0 Å². The zero-order valence-electron chi connectivity index (χ0n) is 18.2. The van der Waals surface area contributed by atoms with Crippen LogP contribution in [0.5, 0.6) is 0 Å². The van der Waals surface area contributed by atoms with E-state index in [4.69, 9.17) is 11.6 Å². The van der Waals surface area contributed by atoms with E-state index >= 15 is 0 Å². The Morgan fingerprint density at radius 3 is 2.47 bits per heavy atom. The van der Waals surface area contributed by atoms with Crippen molar-refractivity contribution in [1.82, 2.24) is 15.3 Å². The molecule has 0 unspecified atom stereocenters. The predicted molar refractivity (Wildman–Crippen MR) is 129 cm³/mol. The van der Waals surface area contributed by atoms with Crippen molar-refractivity contribution in [3.05, 3.63) is 81.6 Å². The van der Waals surface area contributed by atoms with Gasteiger partial charge in [0, 0.05) is 24.4 Å². The highest BCUT2D eigenvalue weighted by Gasteiger charge is 2.15. The van der Waals surface area contributed by atoms with Crippen LogP contribution in [-0.2, 0) is 10.5 Å². The molecule has 0 atom stereocenters. The summed E-state index contributed by atoms with van der Waals surface area (Å²) < 4.78 is 0. The Labute approximate surface area is 197 Å². The van der Waals surface area contributed by atoms with Gasteiger partial charge in [-0.15, -0.1) is 0 Å². The molecule has 0 aliphatic heterocycles. The summed E-state index contributed by atoms with van der Waals surface area (Å²) in [6.07, 6.45) is 1.56. The second-order valence-electron chi connectivity index (χ2n) is 7.50. The Morgan fingerprint density at radius 1 is 1.03 bits per heavy atom. The van der Waals surface area contributed by atoms with Crippen LogP contribution >= 0.6 is 23.4 Å². The number of benzene rings is 2. The lowest BCUT2D eigenvalue weighted by Gasteiger charge is -2.10. The maximum atomic E-state index is 12.5. The van der Waals surface area contributed by atoms with Crippen molar-refractivity contribution >= 4 is 40.9 Å². The highest BCUT2D eigenvalue weighted by atomic mass is 35.5. The fraction of sp³-hybridized carbons (Fsp3) is 0.250. The van der Waals surface area contributed by atoms with Gasteiger partial charge in [0.2, 0.25) is 5.91 Å². The van der Waals surface area contributed by atoms with E-state index in [-0.39, 0.29) is 29.6 Å². The zero-order valence-corrected chi connectivity index (χ0v) is 19.8. The molecule has 8 heteroatoms. The van der Waals surface area contributed by atoms with E-state index in [1.54, 1.807) is 0 Å². The molecule has 0 bridgehead atoms. The third-order valence-electron chi connectivity index (χ3n) is 4.72. The van der Waals surface area contributed by atoms with Crippen molar-refractivity contribution in [3.8, 4) is 0 Å². The van der Waals surface area contributed by atoms with Crippen LogP contribution in [0.3, 0.4) is 0 Å². The summed E-state index contributed by atoms with van der Waals surface area (Å²) in [5.74, 6) is 0.0657. The number of aryl methyl sites for hydroxylation is 3. The van der Waals surface area contributed by atoms with Gasteiger partial charge in [0.15, 0.2) is 10.9 Å². The first-order valence-corrected chi connectivity index (χ1v) is 11.5. The van der Waals surface area contributed by atoms with Crippen molar-refractivity contribution in [3.63, 3.8) is 0 Å². The summed E-state index contributed by atoms with van der Waals surface area (Å²) >= 11 is 7.56. The number of hydrogen-bond donors (Lipinski definition) is 2. The fourth-order valence-electron chi connectivity index (χ4n) is 2.95. The van der Waals surface area contributed by atoms with Crippen molar-refractivity contribution < 1.29 is 9.59 Å². The number of carbonyl (C=O) groups excluding carboxylic acids is 2. The minimum absolute atomic E-state index is 0.0999. The first-order chi connectivity index (χ1) is 15.3. The quantitative estimate of drug-likeness (QED) is 0.354. The molecule has 0 aliphatic carbocycles. The Bertz CT molecular complexity index is 1120. The molecule has 0 radical (unpaired) electrons. The van der Waals surface area contributed by atoms with Gasteiger partial charge in [0.25, 0.3) is 5.91 Å². The molecule has 0 aliphatic rings. The van der Waals surface area contributed by atoms with Gasteiger partial charge in [0.05, 0.1) is 11.2 Å². The van der Waals surface area contributed by atoms with E-state index in [0.717, 1.165) is 22.4 Å². The van der Waals surface area contributed by atoms with Crippen LogP contribution in [0.25, 0.3) is 0 Å². The average Bonchev–Trinajstić information content (AvgIpc) is 2.76. The molecule has 2 amide bonds. The summed E-state index contributed by atoms with van der Waals surface area (Å²) in [5.41, 5.74) is 5.32. The molecule has 1 aromatic heterocycles. The molecular weight excluding hydrogens is 444 g/mol. The van der Waals surface area contributed by atoms with E-state index in [1.807, 2.05) is 51.1 Å². The Kier molecular flexibility index (Phi) is 8.25. The number of halogens is 1. The van der Waals surface area contributed by atoms with Gasteiger partial charge in [-0.05, 0) is 38.0 Å². The monoisotopic (exact) mass is 468 g/mol. The standard InChI is InChI=1S/C24H25ClN4O2S/c1-15-4-7-18(8-5-15)14-32-24-27-13-19(25)22(29-24)23(31)26-11-10-21(30)28-20-9-6-16(2)12-17(20)3/h4-9,12-13H,10-11,14H2,1-3H3,(H,26,31)(H,28,30). The molecule has 1 heterocycles. The van der Waals surface area contributed by atoms with Gasteiger partial charge < -0.3 is 10.6 Å². The van der Waals surface area contributed by atoms with Crippen LogP contribution < -0.4 is 10.6 Å². The van der Waals surface area contributed by atoms with Crippen molar-refractivity contribution in [2.75, 3.05) is 11.9 Å². The van der Waals surface area contributed by atoms with Gasteiger partial charge >= 0.3 is 0 Å². The first kappa shape index (κ1) is 23.8. The second-order valence-corrected chi connectivity index (χ2v) is 8.85. The summed E-state index contributed by atoms with van der Waals surface area (Å²) in [5, 5.41) is 6.20. The number of hydrogen-bond acceptors (Lipinski definition) is 5. The smallest absolute Gasteiger partial charge is 0.271 e. The molecule has 0 saturated carbocycles. The minimum atomic E-state index is -0.436. The van der Waals surface area contributed by atoms with Crippen LogP contribution in [0.4, 0.5) is 5.69 Å². The molecule has 166 valence electrons. The number of rotatable bonds is 8. The maximum absolute atomic E-state index is 12.5. The van der Waals surface area contributed by atoms with Gasteiger partial charge in [0.1, 0.15) is 0 Å². The largest absolute Gasteiger partial charge is 0.350 e. The molecule has 32 heavy (non-hydrogen) atoms. The average molecular weight is 469 g/mol. The Morgan fingerprint density at radius 2 is 1.75 bits per heavy atom. The lowest BCUT2D eigenvalue weighted by atomic mass is 10.1. The molecule has 2 N–H and O–H groups in total. The number of carbonyl (C=O) groups is 2. The number of amides is 2. The Hall–Kier alpha value is -2.90. The number of nitrogens with one attached hydrogen (secondary N) is 2. The molecule has 3 rings (SSSR count). The molecule has 2 aromatic carbocycles. The lowest BCUT2D eigenvalue weighted by Crippen LogP contribution is -2.28. The molecule has 0 saturated heterocycles. The van der Waals surface area contributed by atoms with Crippen LogP contribution in [0, 0.1) is 20.8 Å². The highest BCUT2D eigenvalue weighted by Crippen LogP contribution is 2.22. The van der Waals surface area contributed by atoms with Crippen LogP contribution in [0.2, 0.25) is 5.02 Å². The summed E-state index contributed by atoms with van der Waals surface area (Å²) in [4.78, 5) is 33.2. The topological polar surface area (TPSA) is 84.0 Å². The van der Waals surface area contributed by atoms with E-state index in [2.05, 4.69) is 32.7 Å². The molecule has 0 fully saturated rings. The number of anilines is 1. The van der Waals surface area contributed by atoms with Crippen LogP contribution in [0.1, 0.15) is 39.2 Å². The minimum Gasteiger partial charge on any atom is -0.350 e. The molecule has 6 nitrogen and oxygen atoms in total. The highest BCUT2D eigenvalue weighted by molar-refractivity contribution is 7.98. The SMILES string of the molecule is Cc1ccc(CSc2ncc(Cl)c(C(=O)NCCC(=O)Nc3ccc(C)cc3C)n2)cc1. The van der Waals surface area contributed by atoms with Gasteiger partial charge in [-0.1, -0.05) is 70.9 Å². The fourth-order valence-corrected chi connectivity index (χ4v) is 3.90. The summed E-state index contributed by atoms with van der Waals surface area (Å²) in [6.45, 7) is 6.15. The molecule has 0 spiro atoms. The number of thioether (sulfide) groups is 1. The molecular formula is C24H25ClN4O2S. The van der Waals surface area contributed by atoms with Crippen molar-refractivity contribution in [2.45, 2.75) is 38.1 Å². The third kappa shape index (κ3) is 6.80. The summed E-state index contributed by atoms with van der Waals surface area (Å²) in [7, 11) is 0. The zero-order chi connectivity index (χ0) is 23.1. The Balaban J connectivity index is 1.52. The lowest BCUT2D eigenvalue weighted by molar-refractivity contribution is -0.116. The van der Waals surface area contributed by atoms with Crippen molar-refractivity contribution in [2.24, 2.45) is 0 Å². The second kappa shape index (κ2) is 11.1. The van der Waals surface area contributed by atoms with E-state index < -0.39 is 5.91 Å². The van der Waals surface area contributed by atoms with Gasteiger partial charge in [-0.3, -0.25) is 9.59 Å². The maximum Gasteiger partial charge on any atom is 0.271 e. The third-order valence-corrected chi connectivity index (χ3v) is 5.93. The van der Waals surface area contributed by atoms with E-state index in [1.165, 1.54) is 23.5 Å².